The van der Waals surface area contributed by atoms with Crippen molar-refractivity contribution in [2.24, 2.45) is 4.99 Å². The molecule has 0 spiro atoms. The Morgan fingerprint density at radius 2 is 2.24 bits per heavy atom. The summed E-state index contributed by atoms with van der Waals surface area (Å²) in [6.07, 6.45) is 3.71. The number of aromatic nitrogens is 1. The molecule has 0 amide bonds. The average Bonchev–Trinajstić information content (AvgIpc) is 3.06. The number of nitrogens with one attached hydrogen (secondary N) is 2. The fourth-order valence-corrected chi connectivity index (χ4v) is 3.05. The van der Waals surface area contributed by atoms with Crippen LogP contribution < -0.4 is 15.4 Å². The molecule has 0 radical (unpaired) electrons. The first-order valence-electron chi connectivity index (χ1n) is 8.41. The number of hydrogen-bond donors (Lipinski definition) is 2. The molecule has 0 aliphatic rings. The third kappa shape index (κ3) is 6.70. The zero-order chi connectivity index (χ0) is 18.1. The molecular formula is C18H25FN4OS. The van der Waals surface area contributed by atoms with Gasteiger partial charge in [0.05, 0.1) is 11.6 Å². The molecule has 25 heavy (non-hydrogen) atoms. The van der Waals surface area contributed by atoms with Crippen LogP contribution in [0.1, 0.15) is 23.7 Å². The first-order valence-corrected chi connectivity index (χ1v) is 9.22. The van der Waals surface area contributed by atoms with E-state index < -0.39 is 0 Å². The summed E-state index contributed by atoms with van der Waals surface area (Å²) in [5.41, 5.74) is 0. The van der Waals surface area contributed by atoms with Crippen LogP contribution in [-0.4, -0.2) is 37.2 Å². The van der Waals surface area contributed by atoms with Crippen molar-refractivity contribution in [2.75, 3.05) is 20.1 Å². The highest BCUT2D eigenvalue weighted by atomic mass is 32.1. The van der Waals surface area contributed by atoms with E-state index in [1.165, 1.54) is 17.0 Å². The van der Waals surface area contributed by atoms with Gasteiger partial charge in [-0.3, -0.25) is 4.99 Å². The van der Waals surface area contributed by atoms with Gasteiger partial charge in [-0.05, 0) is 25.5 Å². The molecular weight excluding hydrogens is 339 g/mol. The van der Waals surface area contributed by atoms with Crippen molar-refractivity contribution >= 4 is 17.3 Å². The van der Waals surface area contributed by atoms with Crippen LogP contribution >= 0.6 is 11.3 Å². The number of halogens is 1. The molecule has 0 bridgehead atoms. The summed E-state index contributed by atoms with van der Waals surface area (Å²) in [7, 11) is 1.73. The topological polar surface area (TPSA) is 58.5 Å². The maximum Gasteiger partial charge on any atom is 0.191 e. The van der Waals surface area contributed by atoms with Crippen molar-refractivity contribution in [3.63, 3.8) is 0 Å². The van der Waals surface area contributed by atoms with Gasteiger partial charge in [0.1, 0.15) is 17.7 Å². The van der Waals surface area contributed by atoms with Crippen molar-refractivity contribution in [3.05, 3.63) is 46.2 Å². The van der Waals surface area contributed by atoms with Crippen LogP contribution in [0.3, 0.4) is 0 Å². The van der Waals surface area contributed by atoms with Crippen molar-refractivity contribution in [3.8, 4) is 5.75 Å². The molecule has 1 aromatic heterocycles. The molecule has 1 heterocycles. The van der Waals surface area contributed by atoms with Crippen LogP contribution in [0.15, 0.2) is 35.5 Å². The van der Waals surface area contributed by atoms with Gasteiger partial charge in [-0.1, -0.05) is 13.0 Å². The van der Waals surface area contributed by atoms with Crippen molar-refractivity contribution in [1.29, 1.82) is 0 Å². The van der Waals surface area contributed by atoms with Crippen LogP contribution in [0.2, 0.25) is 0 Å². The second kappa shape index (κ2) is 9.98. The second-order valence-electron chi connectivity index (χ2n) is 5.59. The normalized spacial score (nSPS) is 12.7. The summed E-state index contributed by atoms with van der Waals surface area (Å²) in [6, 6.07) is 6.15. The summed E-state index contributed by atoms with van der Waals surface area (Å²) < 4.78 is 18.8. The monoisotopic (exact) mass is 364 g/mol. The van der Waals surface area contributed by atoms with E-state index in [-0.39, 0.29) is 11.9 Å². The number of hydrogen-bond acceptors (Lipinski definition) is 4. The second-order valence-corrected chi connectivity index (χ2v) is 6.79. The number of ether oxygens (including phenoxy) is 1. The number of aryl methyl sites for hydroxylation is 1. The molecule has 0 aliphatic heterocycles. The molecule has 0 fully saturated rings. The first kappa shape index (κ1) is 19.2. The highest BCUT2D eigenvalue weighted by molar-refractivity contribution is 7.11. The number of benzene rings is 1. The van der Waals surface area contributed by atoms with E-state index in [4.69, 9.17) is 4.74 Å². The summed E-state index contributed by atoms with van der Waals surface area (Å²) in [4.78, 5) is 9.91. The van der Waals surface area contributed by atoms with Gasteiger partial charge in [0.15, 0.2) is 5.96 Å². The number of thiazole rings is 1. The van der Waals surface area contributed by atoms with E-state index in [0.717, 1.165) is 24.4 Å². The van der Waals surface area contributed by atoms with Gasteiger partial charge in [-0.15, -0.1) is 11.3 Å². The Hall–Kier alpha value is -2.15. The van der Waals surface area contributed by atoms with Crippen molar-refractivity contribution in [1.82, 2.24) is 15.6 Å². The largest absolute Gasteiger partial charge is 0.489 e. The van der Waals surface area contributed by atoms with Gasteiger partial charge >= 0.3 is 0 Å². The van der Waals surface area contributed by atoms with Crippen LogP contribution in [0.5, 0.6) is 5.75 Å². The van der Waals surface area contributed by atoms with Crippen LogP contribution in [0.4, 0.5) is 4.39 Å². The SMILES string of the molecule is CCc1cnc(CCNC(=NC)NCC(C)Oc2cccc(F)c2)s1. The van der Waals surface area contributed by atoms with Gasteiger partial charge in [0.25, 0.3) is 0 Å². The van der Waals surface area contributed by atoms with Crippen LogP contribution in [-0.2, 0) is 12.8 Å². The number of nitrogens with zero attached hydrogens (tertiary/aromatic N) is 2. The average molecular weight is 364 g/mol. The highest BCUT2D eigenvalue weighted by Crippen LogP contribution is 2.14. The Labute approximate surface area is 152 Å². The summed E-state index contributed by atoms with van der Waals surface area (Å²) in [6.45, 7) is 5.38. The Morgan fingerprint density at radius 3 is 2.92 bits per heavy atom. The lowest BCUT2D eigenvalue weighted by Gasteiger charge is -2.17. The van der Waals surface area contributed by atoms with E-state index in [1.54, 1.807) is 30.5 Å². The van der Waals surface area contributed by atoms with Gasteiger partial charge in [-0.2, -0.15) is 0 Å². The molecule has 5 nitrogen and oxygen atoms in total. The molecule has 1 aromatic carbocycles. The smallest absolute Gasteiger partial charge is 0.191 e. The quantitative estimate of drug-likeness (QED) is 0.558. The molecule has 2 N–H and O–H groups in total. The van der Waals surface area contributed by atoms with Gasteiger partial charge in [-0.25, -0.2) is 9.37 Å². The number of rotatable bonds is 8. The molecule has 2 aromatic rings. The van der Waals surface area contributed by atoms with Crippen LogP contribution in [0.25, 0.3) is 0 Å². The third-order valence-electron chi connectivity index (χ3n) is 3.50. The van der Waals surface area contributed by atoms with E-state index in [0.29, 0.717) is 18.3 Å². The lowest BCUT2D eigenvalue weighted by molar-refractivity contribution is 0.223. The van der Waals surface area contributed by atoms with E-state index in [9.17, 15) is 4.39 Å². The van der Waals surface area contributed by atoms with Gasteiger partial charge in [0, 0.05) is 37.2 Å². The third-order valence-corrected chi connectivity index (χ3v) is 4.70. The van der Waals surface area contributed by atoms with Gasteiger partial charge < -0.3 is 15.4 Å². The molecule has 136 valence electrons. The predicted octanol–water partition coefficient (Wildman–Crippen LogP) is 3.02. The Balaban J connectivity index is 1.70. The zero-order valence-electron chi connectivity index (χ0n) is 14.9. The summed E-state index contributed by atoms with van der Waals surface area (Å²) in [5, 5.41) is 7.60. The first-order chi connectivity index (χ1) is 12.1. The standard InChI is InChI=1S/C18H25FN4OS/c1-4-16-12-22-17(25-16)8-9-21-18(20-3)23-11-13(2)24-15-7-5-6-14(19)10-15/h5-7,10,12-13H,4,8-9,11H2,1-3H3,(H2,20,21,23). The molecule has 0 saturated carbocycles. The molecule has 0 aliphatic carbocycles. The van der Waals surface area contributed by atoms with Crippen molar-refractivity contribution < 1.29 is 9.13 Å². The van der Waals surface area contributed by atoms with Crippen molar-refractivity contribution in [2.45, 2.75) is 32.8 Å². The maximum atomic E-state index is 13.2. The fraction of sp³-hybridized carbons (Fsp3) is 0.444. The molecule has 2 rings (SSSR count). The fourth-order valence-electron chi connectivity index (χ4n) is 2.19. The van der Waals surface area contributed by atoms with Crippen LogP contribution in [0, 0.1) is 5.82 Å². The minimum absolute atomic E-state index is 0.119. The highest BCUT2D eigenvalue weighted by Gasteiger charge is 2.07. The molecule has 1 atom stereocenters. The predicted molar refractivity (Wildman–Crippen MR) is 101 cm³/mol. The molecule has 7 heteroatoms. The van der Waals surface area contributed by atoms with Gasteiger partial charge in [0.2, 0.25) is 0 Å². The molecule has 1 unspecified atom stereocenters. The minimum atomic E-state index is -0.302. The lowest BCUT2D eigenvalue weighted by atomic mass is 10.3. The summed E-state index contributed by atoms with van der Waals surface area (Å²) >= 11 is 1.75. The van der Waals surface area contributed by atoms with E-state index >= 15 is 0 Å². The number of guanidine groups is 1. The zero-order valence-corrected chi connectivity index (χ0v) is 15.7. The van der Waals surface area contributed by atoms with E-state index in [1.807, 2.05) is 13.1 Å². The molecule has 0 saturated heterocycles. The van der Waals surface area contributed by atoms with E-state index in [2.05, 4.69) is 27.5 Å². The maximum absolute atomic E-state index is 13.2. The number of aliphatic imine (C=N–C) groups is 1. The lowest BCUT2D eigenvalue weighted by Crippen LogP contribution is -2.42. The Morgan fingerprint density at radius 1 is 1.40 bits per heavy atom. The minimum Gasteiger partial charge on any atom is -0.489 e. The Bertz CT molecular complexity index is 689. The summed E-state index contributed by atoms with van der Waals surface area (Å²) in [5.74, 6) is 0.929. The Kier molecular flexibility index (Phi) is 7.66.